The molecule has 5 heteroatoms. The van der Waals surface area contributed by atoms with Crippen LogP contribution < -0.4 is 5.32 Å². The van der Waals surface area contributed by atoms with Crippen LogP contribution in [0.25, 0.3) is 0 Å². The second kappa shape index (κ2) is 5.28. The van der Waals surface area contributed by atoms with Crippen molar-refractivity contribution in [3.05, 3.63) is 35.9 Å². The van der Waals surface area contributed by atoms with Crippen molar-refractivity contribution in [2.45, 2.75) is 24.7 Å². The average molecular weight is 258 g/mol. The molecule has 1 N–H and O–H groups in total. The van der Waals surface area contributed by atoms with Crippen molar-refractivity contribution >= 4 is 0 Å². The van der Waals surface area contributed by atoms with Crippen molar-refractivity contribution in [2.24, 2.45) is 0 Å². The second-order valence-corrected chi connectivity index (χ2v) is 4.62. The van der Waals surface area contributed by atoms with E-state index in [9.17, 15) is 13.2 Å². The molecular weight excluding hydrogens is 241 g/mol. The maximum atomic E-state index is 13.2. The van der Waals surface area contributed by atoms with Gasteiger partial charge in [-0.3, -0.25) is 4.90 Å². The lowest BCUT2D eigenvalue weighted by molar-refractivity contribution is -0.183. The van der Waals surface area contributed by atoms with Gasteiger partial charge < -0.3 is 5.32 Å². The van der Waals surface area contributed by atoms with E-state index in [1.807, 2.05) is 0 Å². The third-order valence-corrected chi connectivity index (χ3v) is 3.42. The fourth-order valence-electron chi connectivity index (χ4n) is 2.50. The summed E-state index contributed by atoms with van der Waals surface area (Å²) in [5, 5.41) is 3.04. The Kier molecular flexibility index (Phi) is 3.92. The Morgan fingerprint density at radius 3 is 2.44 bits per heavy atom. The van der Waals surface area contributed by atoms with E-state index in [2.05, 4.69) is 5.32 Å². The summed E-state index contributed by atoms with van der Waals surface area (Å²) >= 11 is 0. The molecule has 1 aromatic rings. The Bertz CT molecular complexity index is 378. The monoisotopic (exact) mass is 258 g/mol. The van der Waals surface area contributed by atoms with E-state index in [-0.39, 0.29) is 6.04 Å². The molecule has 1 saturated heterocycles. The molecule has 1 heterocycles. The van der Waals surface area contributed by atoms with Gasteiger partial charge in [0.2, 0.25) is 0 Å². The van der Waals surface area contributed by atoms with Gasteiger partial charge in [0.15, 0.2) is 0 Å². The van der Waals surface area contributed by atoms with Gasteiger partial charge in [-0.2, -0.15) is 13.2 Å². The van der Waals surface area contributed by atoms with Gasteiger partial charge in [0.25, 0.3) is 0 Å². The molecule has 0 aliphatic carbocycles. The Hall–Kier alpha value is -1.07. The summed E-state index contributed by atoms with van der Waals surface area (Å²) in [5.41, 5.74) is 0.321. The zero-order valence-corrected chi connectivity index (χ0v) is 10.2. The van der Waals surface area contributed by atoms with E-state index < -0.39 is 12.2 Å². The highest BCUT2D eigenvalue weighted by atomic mass is 19.4. The Labute approximate surface area is 105 Å². The standard InChI is InChI=1S/C13H17F3N2/c1-17-11-7-8-18(9-11)12(13(14,15)16)10-5-3-2-4-6-10/h2-6,11-12,17H,7-9H2,1H3. The maximum absolute atomic E-state index is 13.2. The van der Waals surface area contributed by atoms with Gasteiger partial charge in [-0.1, -0.05) is 30.3 Å². The van der Waals surface area contributed by atoms with Gasteiger partial charge in [0.1, 0.15) is 6.04 Å². The third-order valence-electron chi connectivity index (χ3n) is 3.42. The van der Waals surface area contributed by atoms with E-state index in [1.165, 1.54) is 4.90 Å². The van der Waals surface area contributed by atoms with E-state index in [0.717, 1.165) is 6.42 Å². The lowest BCUT2D eigenvalue weighted by atomic mass is 10.1. The Balaban J connectivity index is 2.22. The van der Waals surface area contributed by atoms with E-state index in [0.29, 0.717) is 18.7 Å². The minimum Gasteiger partial charge on any atom is -0.316 e. The van der Waals surface area contributed by atoms with E-state index >= 15 is 0 Å². The molecule has 0 amide bonds. The quantitative estimate of drug-likeness (QED) is 0.896. The summed E-state index contributed by atoms with van der Waals surface area (Å²) < 4.78 is 39.7. The normalized spacial score (nSPS) is 23.2. The number of rotatable bonds is 3. The number of hydrogen-bond acceptors (Lipinski definition) is 2. The summed E-state index contributed by atoms with van der Waals surface area (Å²) in [4.78, 5) is 1.51. The van der Waals surface area contributed by atoms with Crippen LogP contribution in [-0.4, -0.2) is 37.3 Å². The fraction of sp³-hybridized carbons (Fsp3) is 0.538. The van der Waals surface area contributed by atoms with Crippen molar-refractivity contribution in [1.82, 2.24) is 10.2 Å². The van der Waals surface area contributed by atoms with Gasteiger partial charge >= 0.3 is 6.18 Å². The van der Waals surface area contributed by atoms with E-state index in [4.69, 9.17) is 0 Å². The van der Waals surface area contributed by atoms with Crippen LogP contribution in [0.15, 0.2) is 30.3 Å². The molecule has 2 unspecified atom stereocenters. The highest BCUT2D eigenvalue weighted by Crippen LogP contribution is 2.39. The Morgan fingerprint density at radius 2 is 1.94 bits per heavy atom. The fourth-order valence-corrected chi connectivity index (χ4v) is 2.50. The van der Waals surface area contributed by atoms with Crippen molar-refractivity contribution in [2.75, 3.05) is 20.1 Å². The van der Waals surface area contributed by atoms with Crippen LogP contribution in [0.4, 0.5) is 13.2 Å². The first-order valence-corrected chi connectivity index (χ1v) is 6.05. The smallest absolute Gasteiger partial charge is 0.316 e. The zero-order valence-electron chi connectivity index (χ0n) is 10.2. The maximum Gasteiger partial charge on any atom is 0.408 e. The number of benzene rings is 1. The lowest BCUT2D eigenvalue weighted by Gasteiger charge is -2.30. The number of likely N-dealkylation sites (N-methyl/N-ethyl adjacent to an activating group) is 1. The molecule has 0 saturated carbocycles. The average Bonchev–Trinajstić information content (AvgIpc) is 2.77. The molecule has 1 aliphatic heterocycles. The Morgan fingerprint density at radius 1 is 1.28 bits per heavy atom. The van der Waals surface area contributed by atoms with Crippen molar-refractivity contribution in [3.63, 3.8) is 0 Å². The lowest BCUT2D eigenvalue weighted by Crippen LogP contribution is -2.39. The predicted molar refractivity (Wildman–Crippen MR) is 64.3 cm³/mol. The minimum atomic E-state index is -4.23. The topological polar surface area (TPSA) is 15.3 Å². The number of nitrogens with zero attached hydrogens (tertiary/aromatic N) is 1. The van der Waals surface area contributed by atoms with Crippen LogP contribution in [0.1, 0.15) is 18.0 Å². The number of likely N-dealkylation sites (tertiary alicyclic amines) is 1. The number of alkyl halides is 3. The molecule has 2 rings (SSSR count). The molecule has 2 atom stereocenters. The highest BCUT2D eigenvalue weighted by Gasteiger charge is 2.46. The molecule has 1 aromatic carbocycles. The van der Waals surface area contributed by atoms with Crippen LogP contribution >= 0.6 is 0 Å². The van der Waals surface area contributed by atoms with Gasteiger partial charge in [-0.05, 0) is 19.0 Å². The van der Waals surface area contributed by atoms with Crippen LogP contribution in [0.2, 0.25) is 0 Å². The minimum absolute atomic E-state index is 0.151. The molecule has 1 fully saturated rings. The molecule has 18 heavy (non-hydrogen) atoms. The first-order valence-electron chi connectivity index (χ1n) is 6.05. The van der Waals surface area contributed by atoms with Crippen LogP contribution in [0.3, 0.4) is 0 Å². The number of nitrogens with one attached hydrogen (secondary N) is 1. The van der Waals surface area contributed by atoms with Gasteiger partial charge in [-0.25, -0.2) is 0 Å². The molecule has 0 bridgehead atoms. The van der Waals surface area contributed by atoms with Crippen molar-refractivity contribution < 1.29 is 13.2 Å². The highest BCUT2D eigenvalue weighted by molar-refractivity contribution is 5.21. The molecule has 100 valence electrons. The first kappa shape index (κ1) is 13.4. The third kappa shape index (κ3) is 2.84. The summed E-state index contributed by atoms with van der Waals surface area (Å²) in [6.45, 7) is 0.917. The number of hydrogen-bond donors (Lipinski definition) is 1. The predicted octanol–water partition coefficient (Wildman–Crippen LogP) is 2.58. The summed E-state index contributed by atoms with van der Waals surface area (Å²) in [5.74, 6) is 0. The molecule has 2 nitrogen and oxygen atoms in total. The summed E-state index contributed by atoms with van der Waals surface area (Å²) in [7, 11) is 1.79. The van der Waals surface area contributed by atoms with Crippen LogP contribution in [0.5, 0.6) is 0 Å². The summed E-state index contributed by atoms with van der Waals surface area (Å²) in [6, 6.07) is 6.79. The number of halogens is 3. The first-order chi connectivity index (χ1) is 8.52. The molecule has 1 aliphatic rings. The van der Waals surface area contributed by atoms with Crippen LogP contribution in [0, 0.1) is 0 Å². The van der Waals surface area contributed by atoms with Gasteiger partial charge in [0, 0.05) is 19.1 Å². The molecular formula is C13H17F3N2. The summed E-state index contributed by atoms with van der Waals surface area (Å²) in [6.07, 6.45) is -3.47. The van der Waals surface area contributed by atoms with Crippen LogP contribution in [-0.2, 0) is 0 Å². The molecule has 0 spiro atoms. The van der Waals surface area contributed by atoms with Crippen molar-refractivity contribution in [1.29, 1.82) is 0 Å². The molecule has 0 radical (unpaired) electrons. The van der Waals surface area contributed by atoms with E-state index in [1.54, 1.807) is 37.4 Å². The SMILES string of the molecule is CNC1CCN(C(c2ccccc2)C(F)(F)F)C1. The van der Waals surface area contributed by atoms with Gasteiger partial charge in [-0.15, -0.1) is 0 Å². The largest absolute Gasteiger partial charge is 0.408 e. The molecule has 0 aromatic heterocycles. The van der Waals surface area contributed by atoms with Gasteiger partial charge in [0.05, 0.1) is 0 Å². The second-order valence-electron chi connectivity index (χ2n) is 4.62. The van der Waals surface area contributed by atoms with Crippen molar-refractivity contribution in [3.8, 4) is 0 Å². The zero-order chi connectivity index (χ0) is 13.2.